The summed E-state index contributed by atoms with van der Waals surface area (Å²) in [5.41, 5.74) is 1.12. The third kappa shape index (κ3) is 2.34. The number of nitrogens with one attached hydrogen (secondary N) is 1. The Morgan fingerprint density at radius 2 is 2.17 bits per heavy atom. The summed E-state index contributed by atoms with van der Waals surface area (Å²) in [6.07, 6.45) is 1.44. The van der Waals surface area contributed by atoms with Gasteiger partial charge in [0.15, 0.2) is 5.76 Å². The minimum atomic E-state index is -0.431. The van der Waals surface area contributed by atoms with Crippen molar-refractivity contribution in [3.63, 3.8) is 0 Å². The molecule has 18 heavy (non-hydrogen) atoms. The maximum absolute atomic E-state index is 13.0. The number of aryl methyl sites for hydroxylation is 1. The average molecular weight is 249 g/mol. The normalized spacial score (nSPS) is 10.2. The van der Waals surface area contributed by atoms with Crippen LogP contribution in [0.4, 0.5) is 10.1 Å². The van der Waals surface area contributed by atoms with Gasteiger partial charge in [-0.15, -0.1) is 0 Å². The summed E-state index contributed by atoms with van der Waals surface area (Å²) in [5.74, 6) is -0.352. The van der Waals surface area contributed by atoms with E-state index in [1.807, 2.05) is 0 Å². The first-order valence-corrected chi connectivity index (χ1v) is 5.31. The molecular formula is C13H12FNO3. The molecule has 4 nitrogen and oxygen atoms in total. The van der Waals surface area contributed by atoms with Crippen LogP contribution in [0.25, 0.3) is 0 Å². The van der Waals surface area contributed by atoms with Crippen molar-refractivity contribution in [3.05, 3.63) is 47.7 Å². The van der Waals surface area contributed by atoms with E-state index in [1.54, 1.807) is 13.0 Å². The minimum absolute atomic E-state index is 0.223. The lowest BCUT2D eigenvalue weighted by molar-refractivity contribution is 0.0995. The van der Waals surface area contributed by atoms with Crippen LogP contribution in [0.2, 0.25) is 0 Å². The minimum Gasteiger partial charge on any atom is -0.494 e. The van der Waals surface area contributed by atoms with Gasteiger partial charge in [-0.3, -0.25) is 4.79 Å². The molecule has 1 heterocycles. The molecule has 0 spiro atoms. The maximum atomic E-state index is 13.0. The van der Waals surface area contributed by atoms with Crippen molar-refractivity contribution in [1.82, 2.24) is 0 Å². The molecule has 1 amide bonds. The maximum Gasteiger partial charge on any atom is 0.291 e. The molecule has 0 saturated carbocycles. The van der Waals surface area contributed by atoms with Crippen LogP contribution in [0.3, 0.4) is 0 Å². The Hall–Kier alpha value is -2.30. The Bertz CT molecular complexity index is 577. The van der Waals surface area contributed by atoms with Crippen LogP contribution < -0.4 is 10.1 Å². The quantitative estimate of drug-likeness (QED) is 0.909. The third-order valence-corrected chi connectivity index (χ3v) is 2.48. The zero-order valence-electron chi connectivity index (χ0n) is 9.99. The number of hydrogen-bond acceptors (Lipinski definition) is 3. The fraction of sp³-hybridized carbons (Fsp3) is 0.154. The van der Waals surface area contributed by atoms with E-state index < -0.39 is 11.7 Å². The van der Waals surface area contributed by atoms with Gasteiger partial charge < -0.3 is 14.5 Å². The highest BCUT2D eigenvalue weighted by molar-refractivity contribution is 6.03. The van der Waals surface area contributed by atoms with Crippen LogP contribution in [0.15, 0.2) is 34.9 Å². The number of benzene rings is 1. The molecule has 1 aromatic carbocycles. The van der Waals surface area contributed by atoms with Crippen molar-refractivity contribution < 1.29 is 18.3 Å². The molecule has 0 saturated heterocycles. The summed E-state index contributed by atoms with van der Waals surface area (Å²) in [4.78, 5) is 11.9. The van der Waals surface area contributed by atoms with Crippen LogP contribution in [0, 0.1) is 12.7 Å². The molecule has 2 rings (SSSR count). The SMILES string of the molecule is COc1cc(F)ccc1NC(=O)c1occc1C. The van der Waals surface area contributed by atoms with E-state index in [2.05, 4.69) is 5.32 Å². The van der Waals surface area contributed by atoms with Crippen molar-refractivity contribution in [2.45, 2.75) is 6.92 Å². The molecule has 2 aromatic rings. The van der Waals surface area contributed by atoms with Crippen molar-refractivity contribution in [1.29, 1.82) is 0 Å². The monoisotopic (exact) mass is 249 g/mol. The standard InChI is InChI=1S/C13H12FNO3/c1-8-5-6-18-12(8)13(16)15-10-4-3-9(14)7-11(10)17-2/h3-7H,1-2H3,(H,15,16). The van der Waals surface area contributed by atoms with Gasteiger partial charge in [-0.05, 0) is 25.1 Å². The first-order chi connectivity index (χ1) is 8.61. The zero-order valence-corrected chi connectivity index (χ0v) is 9.99. The van der Waals surface area contributed by atoms with Gasteiger partial charge in [0.1, 0.15) is 11.6 Å². The van der Waals surface area contributed by atoms with Crippen LogP contribution in [0.5, 0.6) is 5.75 Å². The van der Waals surface area contributed by atoms with Crippen LogP contribution in [-0.2, 0) is 0 Å². The van der Waals surface area contributed by atoms with Crippen molar-refractivity contribution >= 4 is 11.6 Å². The third-order valence-electron chi connectivity index (χ3n) is 2.48. The number of methoxy groups -OCH3 is 1. The van der Waals surface area contributed by atoms with E-state index in [0.717, 1.165) is 5.56 Å². The van der Waals surface area contributed by atoms with E-state index >= 15 is 0 Å². The second kappa shape index (κ2) is 4.91. The Morgan fingerprint density at radius 1 is 1.39 bits per heavy atom. The van der Waals surface area contributed by atoms with Gasteiger partial charge in [-0.25, -0.2) is 4.39 Å². The number of ether oxygens (including phenoxy) is 1. The number of furan rings is 1. The van der Waals surface area contributed by atoms with Crippen LogP contribution >= 0.6 is 0 Å². The van der Waals surface area contributed by atoms with Gasteiger partial charge in [-0.1, -0.05) is 0 Å². The Morgan fingerprint density at radius 3 is 2.78 bits per heavy atom. The fourth-order valence-electron chi connectivity index (χ4n) is 1.55. The highest BCUT2D eigenvalue weighted by Crippen LogP contribution is 2.25. The lowest BCUT2D eigenvalue weighted by Gasteiger charge is -2.09. The number of anilines is 1. The van der Waals surface area contributed by atoms with Gasteiger partial charge in [0.2, 0.25) is 0 Å². The molecule has 5 heteroatoms. The number of carbonyl (C=O) groups is 1. The van der Waals surface area contributed by atoms with Gasteiger partial charge in [0, 0.05) is 11.6 Å². The summed E-state index contributed by atoms with van der Waals surface area (Å²) in [5, 5.41) is 2.61. The zero-order chi connectivity index (χ0) is 13.1. The molecule has 0 unspecified atom stereocenters. The Labute approximate surface area is 103 Å². The Kier molecular flexibility index (Phi) is 3.32. The van der Waals surface area contributed by atoms with Crippen LogP contribution in [0.1, 0.15) is 16.1 Å². The summed E-state index contributed by atoms with van der Waals surface area (Å²) >= 11 is 0. The lowest BCUT2D eigenvalue weighted by Crippen LogP contribution is -2.12. The first-order valence-electron chi connectivity index (χ1n) is 5.31. The molecule has 1 aromatic heterocycles. The number of amides is 1. The van der Waals surface area contributed by atoms with Gasteiger partial charge >= 0.3 is 0 Å². The molecule has 0 fully saturated rings. The van der Waals surface area contributed by atoms with Crippen molar-refractivity contribution in [2.24, 2.45) is 0 Å². The predicted octanol–water partition coefficient (Wildman–Crippen LogP) is 2.99. The number of hydrogen-bond donors (Lipinski definition) is 1. The largest absolute Gasteiger partial charge is 0.494 e. The molecule has 0 aliphatic carbocycles. The highest BCUT2D eigenvalue weighted by atomic mass is 19.1. The van der Waals surface area contributed by atoms with E-state index in [-0.39, 0.29) is 11.5 Å². The molecule has 0 aliphatic rings. The molecule has 94 valence electrons. The topological polar surface area (TPSA) is 51.5 Å². The molecular weight excluding hydrogens is 237 g/mol. The van der Waals surface area contributed by atoms with Gasteiger partial charge in [-0.2, -0.15) is 0 Å². The van der Waals surface area contributed by atoms with E-state index in [9.17, 15) is 9.18 Å². The molecule has 0 atom stereocenters. The summed E-state index contributed by atoms with van der Waals surface area (Å²) < 4.78 is 23.1. The van der Waals surface area contributed by atoms with E-state index in [1.165, 1.54) is 31.6 Å². The van der Waals surface area contributed by atoms with Crippen LogP contribution in [-0.4, -0.2) is 13.0 Å². The number of halogens is 1. The number of carbonyl (C=O) groups excluding carboxylic acids is 1. The molecule has 0 bridgehead atoms. The molecule has 1 N–H and O–H groups in total. The van der Waals surface area contributed by atoms with Gasteiger partial charge in [0.25, 0.3) is 5.91 Å². The summed E-state index contributed by atoms with van der Waals surface area (Å²) in [6, 6.07) is 5.57. The van der Waals surface area contributed by atoms with E-state index in [0.29, 0.717) is 5.69 Å². The Balaban J connectivity index is 2.24. The van der Waals surface area contributed by atoms with E-state index in [4.69, 9.17) is 9.15 Å². The van der Waals surface area contributed by atoms with Gasteiger partial charge in [0.05, 0.1) is 19.1 Å². The van der Waals surface area contributed by atoms with Crippen molar-refractivity contribution in [3.8, 4) is 5.75 Å². The smallest absolute Gasteiger partial charge is 0.291 e. The summed E-state index contributed by atoms with van der Waals surface area (Å²) in [6.45, 7) is 1.76. The molecule has 0 aliphatic heterocycles. The summed E-state index contributed by atoms with van der Waals surface area (Å²) in [7, 11) is 1.41. The highest BCUT2D eigenvalue weighted by Gasteiger charge is 2.15. The number of rotatable bonds is 3. The fourth-order valence-corrected chi connectivity index (χ4v) is 1.55. The van der Waals surface area contributed by atoms with Crippen molar-refractivity contribution in [2.75, 3.05) is 12.4 Å². The lowest BCUT2D eigenvalue weighted by atomic mass is 10.2. The molecule has 0 radical (unpaired) electrons. The average Bonchev–Trinajstić information content (AvgIpc) is 2.77. The predicted molar refractivity (Wildman–Crippen MR) is 64.4 cm³/mol. The second-order valence-corrected chi connectivity index (χ2v) is 3.73. The first kappa shape index (κ1) is 12.2. The second-order valence-electron chi connectivity index (χ2n) is 3.73.